The van der Waals surface area contributed by atoms with Gasteiger partial charge in [0, 0.05) is 11.6 Å². The van der Waals surface area contributed by atoms with Crippen molar-refractivity contribution in [2.45, 2.75) is 6.43 Å². The van der Waals surface area contributed by atoms with E-state index < -0.39 is 28.3 Å². The van der Waals surface area contributed by atoms with Gasteiger partial charge in [-0.2, -0.15) is 0 Å². The molecule has 0 unspecified atom stereocenters. The lowest BCUT2D eigenvalue weighted by Gasteiger charge is -2.03. The molecule has 0 amide bonds. The first-order chi connectivity index (χ1) is 6.97. The van der Waals surface area contributed by atoms with Gasteiger partial charge in [-0.1, -0.05) is 0 Å². The number of hydrogen-bond donors (Lipinski definition) is 0. The summed E-state index contributed by atoms with van der Waals surface area (Å²) in [6.45, 7) is 0. The van der Waals surface area contributed by atoms with Gasteiger partial charge in [-0.25, -0.2) is 8.78 Å². The van der Waals surface area contributed by atoms with Crippen molar-refractivity contribution in [1.82, 2.24) is 4.98 Å². The molecule has 0 aliphatic rings. The average molecular weight is 237 g/mol. The summed E-state index contributed by atoms with van der Waals surface area (Å²) in [6, 6.07) is 0.850. The largest absolute Gasteiger partial charge is 0.374 e. The summed E-state index contributed by atoms with van der Waals surface area (Å²) in [5.41, 5.74) is -1.55. The van der Waals surface area contributed by atoms with Crippen LogP contribution in [0.4, 0.5) is 14.6 Å². The minimum atomic E-state index is -3.16. The second kappa shape index (κ2) is 4.26. The average Bonchev–Trinajstić information content (AvgIpc) is 2.15. The van der Waals surface area contributed by atoms with Crippen molar-refractivity contribution in [2.75, 3.05) is 0 Å². The molecule has 0 fully saturated rings. The molecule has 0 aromatic carbocycles. The van der Waals surface area contributed by atoms with Crippen molar-refractivity contribution in [3.05, 3.63) is 32.5 Å². The van der Waals surface area contributed by atoms with Crippen LogP contribution in [0.25, 0.3) is 0 Å². The molecule has 0 atom stereocenters. The number of pyridine rings is 1. The maximum absolute atomic E-state index is 12.4. The van der Waals surface area contributed by atoms with Gasteiger partial charge in [0.15, 0.2) is 6.29 Å². The zero-order valence-corrected chi connectivity index (χ0v) is 7.74. The first-order valence-electron chi connectivity index (χ1n) is 3.55. The quantitative estimate of drug-likeness (QED) is 0.350. The lowest BCUT2D eigenvalue weighted by atomic mass is 10.1. The normalized spacial score (nSPS) is 10.4. The Morgan fingerprint density at radius 3 is 2.60 bits per heavy atom. The van der Waals surface area contributed by atoms with Crippen LogP contribution in [-0.4, -0.2) is 16.2 Å². The summed E-state index contributed by atoms with van der Waals surface area (Å²) in [5, 5.41) is 10.0. The Bertz CT molecular complexity index is 425. The molecule has 0 saturated carbocycles. The highest BCUT2D eigenvalue weighted by atomic mass is 35.5. The van der Waals surface area contributed by atoms with Crippen LogP contribution in [0.15, 0.2) is 6.07 Å². The molecule has 0 aliphatic heterocycles. The Morgan fingerprint density at radius 1 is 1.60 bits per heavy atom. The molecule has 5 nitrogen and oxygen atoms in total. The predicted molar refractivity (Wildman–Crippen MR) is 46.2 cm³/mol. The van der Waals surface area contributed by atoms with Crippen LogP contribution in [0, 0.1) is 10.1 Å². The molecule has 1 aromatic heterocycles. The molecule has 1 rings (SSSR count). The van der Waals surface area contributed by atoms with Crippen LogP contribution in [0.3, 0.4) is 0 Å². The van der Waals surface area contributed by atoms with Crippen molar-refractivity contribution < 1.29 is 18.5 Å². The van der Waals surface area contributed by atoms with Gasteiger partial charge in [0.1, 0.15) is 5.56 Å². The van der Waals surface area contributed by atoms with Gasteiger partial charge in [-0.3, -0.25) is 4.79 Å². The minimum absolute atomic E-state index is 0.0715. The molecule has 0 saturated heterocycles. The Morgan fingerprint density at radius 2 is 2.20 bits per heavy atom. The predicted octanol–water partition coefficient (Wildman–Crippen LogP) is 2.39. The van der Waals surface area contributed by atoms with Crippen molar-refractivity contribution >= 4 is 23.7 Å². The number of halogens is 3. The summed E-state index contributed by atoms with van der Waals surface area (Å²) in [5.74, 6) is -1.10. The summed E-state index contributed by atoms with van der Waals surface area (Å²) in [4.78, 5) is 22.8. The monoisotopic (exact) mass is 236 g/mol. The van der Waals surface area contributed by atoms with Gasteiger partial charge >= 0.3 is 5.82 Å². The molecule has 1 heterocycles. The number of carbonyl (C=O) groups excluding carboxylic acids is 1. The third kappa shape index (κ3) is 2.24. The number of rotatable bonds is 3. The summed E-state index contributed by atoms with van der Waals surface area (Å²) in [7, 11) is 0. The summed E-state index contributed by atoms with van der Waals surface area (Å²) < 4.78 is 24.8. The Labute approximate surface area is 86.8 Å². The van der Waals surface area contributed by atoms with Crippen molar-refractivity contribution in [2.24, 2.45) is 0 Å². The molecule has 1 aromatic rings. The highest BCUT2D eigenvalue weighted by Crippen LogP contribution is 2.31. The molecule has 8 heteroatoms. The first kappa shape index (κ1) is 11.4. The fraction of sp³-hybridized carbons (Fsp3) is 0.143. The van der Waals surface area contributed by atoms with E-state index in [0.717, 1.165) is 6.07 Å². The lowest BCUT2D eigenvalue weighted by Crippen LogP contribution is -2.03. The number of carbonyl (C=O) groups is 1. The van der Waals surface area contributed by atoms with Crippen LogP contribution >= 0.6 is 11.6 Å². The topological polar surface area (TPSA) is 73.1 Å². The van der Waals surface area contributed by atoms with Gasteiger partial charge in [0.25, 0.3) is 6.43 Å². The SMILES string of the molecule is O=Cc1cc(Cl)nc([N+](=O)[O-])c1C(F)F. The smallest absolute Gasteiger partial charge is 0.358 e. The second-order valence-electron chi connectivity index (χ2n) is 2.45. The van der Waals surface area contributed by atoms with E-state index in [1.807, 2.05) is 0 Å². The molecule has 0 aliphatic carbocycles. The fourth-order valence-electron chi connectivity index (χ4n) is 0.989. The molecule has 0 bridgehead atoms. The number of nitrogens with zero attached hydrogens (tertiary/aromatic N) is 2. The van der Waals surface area contributed by atoms with Gasteiger partial charge in [-0.15, -0.1) is 0 Å². The van der Waals surface area contributed by atoms with E-state index >= 15 is 0 Å². The zero-order valence-electron chi connectivity index (χ0n) is 6.99. The van der Waals surface area contributed by atoms with Gasteiger partial charge < -0.3 is 10.1 Å². The van der Waals surface area contributed by atoms with Crippen molar-refractivity contribution in [3.8, 4) is 0 Å². The van der Waals surface area contributed by atoms with E-state index in [1.165, 1.54) is 0 Å². The number of nitro groups is 1. The van der Waals surface area contributed by atoms with Crippen LogP contribution in [-0.2, 0) is 0 Å². The van der Waals surface area contributed by atoms with Crippen LogP contribution < -0.4 is 0 Å². The van der Waals surface area contributed by atoms with E-state index in [4.69, 9.17) is 11.6 Å². The minimum Gasteiger partial charge on any atom is -0.358 e. The number of hydrogen-bond acceptors (Lipinski definition) is 4. The number of aromatic nitrogens is 1. The lowest BCUT2D eigenvalue weighted by molar-refractivity contribution is -0.391. The van der Waals surface area contributed by atoms with E-state index in [1.54, 1.807) is 0 Å². The zero-order chi connectivity index (χ0) is 11.6. The van der Waals surface area contributed by atoms with E-state index in [9.17, 15) is 23.7 Å². The standard InChI is InChI=1S/C7H3ClF2N2O3/c8-4-1-3(2-13)5(6(9)10)7(11-4)12(14)15/h1-2,6H. The van der Waals surface area contributed by atoms with Crippen LogP contribution in [0.5, 0.6) is 0 Å². The number of alkyl halides is 2. The van der Waals surface area contributed by atoms with E-state index in [-0.39, 0.29) is 11.4 Å². The first-order valence-corrected chi connectivity index (χ1v) is 3.93. The van der Waals surface area contributed by atoms with Gasteiger partial charge in [0.2, 0.25) is 5.15 Å². The molecule has 0 spiro atoms. The molecule has 0 radical (unpaired) electrons. The molecular weight excluding hydrogens is 234 g/mol. The Kier molecular flexibility index (Phi) is 3.25. The second-order valence-corrected chi connectivity index (χ2v) is 2.83. The van der Waals surface area contributed by atoms with E-state index in [0.29, 0.717) is 0 Å². The van der Waals surface area contributed by atoms with Crippen LogP contribution in [0.2, 0.25) is 5.15 Å². The van der Waals surface area contributed by atoms with Crippen LogP contribution in [0.1, 0.15) is 22.3 Å². The van der Waals surface area contributed by atoms with Crippen molar-refractivity contribution in [3.63, 3.8) is 0 Å². The number of aldehydes is 1. The third-order valence-electron chi connectivity index (χ3n) is 1.56. The molecular formula is C7H3ClF2N2O3. The molecule has 80 valence electrons. The highest BCUT2D eigenvalue weighted by Gasteiger charge is 2.28. The maximum Gasteiger partial charge on any atom is 0.374 e. The van der Waals surface area contributed by atoms with Crippen molar-refractivity contribution in [1.29, 1.82) is 0 Å². The fourth-order valence-corrected chi connectivity index (χ4v) is 1.19. The van der Waals surface area contributed by atoms with E-state index in [2.05, 4.69) is 4.98 Å². The van der Waals surface area contributed by atoms with Gasteiger partial charge in [-0.05, 0) is 21.5 Å². The molecule has 0 N–H and O–H groups in total. The summed E-state index contributed by atoms with van der Waals surface area (Å²) >= 11 is 5.33. The highest BCUT2D eigenvalue weighted by molar-refractivity contribution is 6.29. The summed E-state index contributed by atoms with van der Waals surface area (Å²) in [6.07, 6.45) is -3.09. The third-order valence-corrected chi connectivity index (χ3v) is 1.75. The Balaban J connectivity index is 3.54. The van der Waals surface area contributed by atoms with Gasteiger partial charge in [0.05, 0.1) is 0 Å². The Hall–Kier alpha value is -1.63. The molecule has 15 heavy (non-hydrogen) atoms. The maximum atomic E-state index is 12.4.